The normalized spacial score (nSPS) is 18.8. The van der Waals surface area contributed by atoms with Crippen LogP contribution in [0.5, 0.6) is 0 Å². The van der Waals surface area contributed by atoms with Gasteiger partial charge in [0, 0.05) is 0 Å². The maximum atomic E-state index is 12.5. The van der Waals surface area contributed by atoms with E-state index in [1.165, 1.54) is 11.3 Å². The summed E-state index contributed by atoms with van der Waals surface area (Å²) in [4.78, 5) is 13.4. The highest BCUT2D eigenvalue weighted by atomic mass is 32.2. The molecule has 0 aliphatic carbocycles. The van der Waals surface area contributed by atoms with Crippen molar-refractivity contribution in [2.75, 3.05) is 11.5 Å². The van der Waals surface area contributed by atoms with Crippen LogP contribution in [0.25, 0.3) is 10.6 Å². The predicted octanol–water partition coefficient (Wildman–Crippen LogP) is 2.49. The lowest BCUT2D eigenvalue weighted by atomic mass is 10.2. The van der Waals surface area contributed by atoms with Gasteiger partial charge in [-0.1, -0.05) is 6.07 Å². The molecule has 0 aromatic carbocycles. The van der Waals surface area contributed by atoms with Crippen LogP contribution in [0.2, 0.25) is 0 Å². The number of aromatic nitrogens is 2. The average molecular weight is 391 g/mol. The molecule has 1 N–H and O–H groups in total. The quantitative estimate of drug-likeness (QED) is 0.721. The Morgan fingerprint density at radius 3 is 2.92 bits per heavy atom. The van der Waals surface area contributed by atoms with Gasteiger partial charge in [-0.05, 0) is 36.1 Å². The van der Waals surface area contributed by atoms with Crippen molar-refractivity contribution < 1.29 is 17.6 Å². The Morgan fingerprint density at radius 2 is 2.27 bits per heavy atom. The van der Waals surface area contributed by atoms with E-state index in [1.54, 1.807) is 29.1 Å². The van der Waals surface area contributed by atoms with Crippen molar-refractivity contribution in [2.45, 2.75) is 19.0 Å². The number of nitrogens with one attached hydrogen (secondary N) is 1. The van der Waals surface area contributed by atoms with E-state index in [-0.39, 0.29) is 35.7 Å². The third-order valence-corrected chi connectivity index (χ3v) is 6.94. The number of thiophene rings is 1. The molecular weight excluding hydrogens is 374 g/mol. The van der Waals surface area contributed by atoms with Gasteiger partial charge in [-0.3, -0.25) is 9.48 Å². The lowest BCUT2D eigenvalue weighted by Crippen LogP contribution is -2.23. The molecule has 26 heavy (non-hydrogen) atoms. The summed E-state index contributed by atoms with van der Waals surface area (Å²) in [6.45, 7) is 0.269. The monoisotopic (exact) mass is 391 g/mol. The second-order valence-electron chi connectivity index (χ2n) is 6.16. The molecule has 1 atom stereocenters. The van der Waals surface area contributed by atoms with Gasteiger partial charge in [-0.25, -0.2) is 8.42 Å². The summed E-state index contributed by atoms with van der Waals surface area (Å²) in [6, 6.07) is 8.86. The fourth-order valence-corrected chi connectivity index (χ4v) is 5.46. The van der Waals surface area contributed by atoms with E-state index in [4.69, 9.17) is 4.42 Å². The number of hydrogen-bond acceptors (Lipinski definition) is 6. The molecule has 3 aromatic rings. The fourth-order valence-electron chi connectivity index (χ4n) is 3.03. The first-order valence-electron chi connectivity index (χ1n) is 8.16. The number of sulfone groups is 1. The predicted molar refractivity (Wildman–Crippen MR) is 97.7 cm³/mol. The lowest BCUT2D eigenvalue weighted by Gasteiger charge is -2.12. The summed E-state index contributed by atoms with van der Waals surface area (Å²) in [7, 11) is -3.05. The van der Waals surface area contributed by atoms with Crippen molar-refractivity contribution in [3.63, 3.8) is 0 Å². The minimum atomic E-state index is -3.05. The summed E-state index contributed by atoms with van der Waals surface area (Å²) in [6.07, 6.45) is 2.06. The molecule has 0 bridgehead atoms. The van der Waals surface area contributed by atoms with Crippen LogP contribution < -0.4 is 5.32 Å². The van der Waals surface area contributed by atoms with Crippen LogP contribution in [-0.2, 0) is 16.4 Å². The highest BCUT2D eigenvalue weighted by Crippen LogP contribution is 2.32. The Hall–Kier alpha value is -2.39. The molecule has 136 valence electrons. The topological polar surface area (TPSA) is 94.2 Å². The van der Waals surface area contributed by atoms with Crippen LogP contribution in [0.1, 0.15) is 28.7 Å². The van der Waals surface area contributed by atoms with E-state index in [2.05, 4.69) is 10.4 Å². The molecule has 7 nitrogen and oxygen atoms in total. The number of carbonyl (C=O) groups excluding carboxylic acids is 1. The van der Waals surface area contributed by atoms with E-state index < -0.39 is 9.84 Å². The molecule has 1 saturated heterocycles. The summed E-state index contributed by atoms with van der Waals surface area (Å²) < 4.78 is 30.6. The molecule has 0 spiro atoms. The van der Waals surface area contributed by atoms with E-state index >= 15 is 0 Å². The van der Waals surface area contributed by atoms with Gasteiger partial charge in [0.1, 0.15) is 5.76 Å². The van der Waals surface area contributed by atoms with Gasteiger partial charge in [0.25, 0.3) is 5.91 Å². The molecule has 1 aliphatic heterocycles. The van der Waals surface area contributed by atoms with Gasteiger partial charge >= 0.3 is 0 Å². The fraction of sp³-hybridized carbons (Fsp3) is 0.294. The Labute approximate surface area is 154 Å². The summed E-state index contributed by atoms with van der Waals surface area (Å²) in [5.74, 6) is 0.541. The van der Waals surface area contributed by atoms with Crippen LogP contribution in [0, 0.1) is 0 Å². The Morgan fingerprint density at radius 1 is 1.38 bits per heavy atom. The minimum Gasteiger partial charge on any atom is -0.467 e. The zero-order valence-corrected chi connectivity index (χ0v) is 15.4. The highest BCUT2D eigenvalue weighted by Gasteiger charge is 2.32. The van der Waals surface area contributed by atoms with Crippen molar-refractivity contribution in [1.29, 1.82) is 0 Å². The van der Waals surface area contributed by atoms with Gasteiger partial charge < -0.3 is 9.73 Å². The number of amides is 1. The molecule has 4 heterocycles. The van der Waals surface area contributed by atoms with E-state index in [1.807, 2.05) is 17.5 Å². The molecule has 3 aromatic heterocycles. The zero-order chi connectivity index (χ0) is 18.1. The molecular formula is C17H17N3O4S2. The highest BCUT2D eigenvalue weighted by molar-refractivity contribution is 7.91. The molecule has 0 radical (unpaired) electrons. The van der Waals surface area contributed by atoms with Crippen LogP contribution in [-0.4, -0.2) is 35.6 Å². The Kier molecular flexibility index (Phi) is 4.41. The van der Waals surface area contributed by atoms with Crippen molar-refractivity contribution in [2.24, 2.45) is 0 Å². The van der Waals surface area contributed by atoms with Gasteiger partial charge in [-0.15, -0.1) is 11.3 Å². The average Bonchev–Trinajstić information content (AvgIpc) is 3.37. The minimum absolute atomic E-state index is 0.0561. The lowest BCUT2D eigenvalue weighted by molar-refractivity contribution is 0.0942. The molecule has 0 unspecified atom stereocenters. The van der Waals surface area contributed by atoms with Crippen molar-refractivity contribution in [3.8, 4) is 10.6 Å². The third-order valence-electron chi connectivity index (χ3n) is 4.30. The van der Waals surface area contributed by atoms with Gasteiger partial charge in [0.05, 0.1) is 40.9 Å². The Balaban J connectivity index is 1.62. The summed E-state index contributed by atoms with van der Waals surface area (Å²) >= 11 is 1.53. The first-order valence-corrected chi connectivity index (χ1v) is 10.9. The van der Waals surface area contributed by atoms with E-state index in [0.29, 0.717) is 12.2 Å². The number of furan rings is 1. The second kappa shape index (κ2) is 6.73. The Bertz CT molecular complexity index is 1000. The molecule has 9 heteroatoms. The largest absolute Gasteiger partial charge is 0.467 e. The zero-order valence-electron chi connectivity index (χ0n) is 13.8. The van der Waals surface area contributed by atoms with Crippen LogP contribution >= 0.6 is 11.3 Å². The third kappa shape index (κ3) is 3.45. The molecule has 1 amide bonds. The number of nitrogens with zero attached hydrogens (tertiary/aromatic N) is 2. The summed E-state index contributed by atoms with van der Waals surface area (Å²) in [5.41, 5.74) is 1.04. The first kappa shape index (κ1) is 17.0. The van der Waals surface area contributed by atoms with Crippen LogP contribution in [0.15, 0.2) is 46.4 Å². The van der Waals surface area contributed by atoms with Gasteiger partial charge in [-0.2, -0.15) is 5.10 Å². The molecule has 1 aliphatic rings. The standard InChI is InChI=1S/C17H17N3O4S2/c21-17(18-10-13-3-1-6-24-13)14-9-15(16-4-2-7-25-16)20(19-14)12-5-8-26(22,23)11-12/h1-4,6-7,9,12H,5,8,10-11H2,(H,18,21)/t12-/m0/s1. The maximum Gasteiger partial charge on any atom is 0.272 e. The smallest absolute Gasteiger partial charge is 0.272 e. The summed E-state index contributed by atoms with van der Waals surface area (Å²) in [5, 5.41) is 9.14. The number of rotatable bonds is 5. The SMILES string of the molecule is O=C(NCc1ccco1)c1cc(-c2cccs2)n([C@H]2CCS(=O)(=O)C2)n1. The molecule has 0 saturated carbocycles. The van der Waals surface area contributed by atoms with Crippen LogP contribution in [0.3, 0.4) is 0 Å². The maximum absolute atomic E-state index is 12.5. The van der Waals surface area contributed by atoms with Crippen LogP contribution in [0.4, 0.5) is 0 Å². The van der Waals surface area contributed by atoms with Crippen molar-refractivity contribution in [1.82, 2.24) is 15.1 Å². The first-order chi connectivity index (χ1) is 12.5. The van der Waals surface area contributed by atoms with E-state index in [0.717, 1.165) is 10.6 Å². The van der Waals surface area contributed by atoms with Crippen molar-refractivity contribution in [3.05, 3.63) is 53.4 Å². The second-order valence-corrected chi connectivity index (χ2v) is 9.33. The number of carbonyl (C=O) groups is 1. The van der Waals surface area contributed by atoms with Gasteiger partial charge in [0.15, 0.2) is 15.5 Å². The molecule has 1 fully saturated rings. The van der Waals surface area contributed by atoms with Crippen molar-refractivity contribution >= 4 is 27.1 Å². The molecule has 4 rings (SSSR count). The van der Waals surface area contributed by atoms with Gasteiger partial charge in [0.2, 0.25) is 0 Å². The number of hydrogen-bond donors (Lipinski definition) is 1. The van der Waals surface area contributed by atoms with E-state index in [9.17, 15) is 13.2 Å².